The molecule has 1 rings (SSSR count). The molecule has 1 aliphatic heterocycles. The highest BCUT2D eigenvalue weighted by Gasteiger charge is 2.49. The minimum atomic E-state index is -1.17. The van der Waals surface area contributed by atoms with Crippen LogP contribution < -0.4 is 0 Å². The quantitative estimate of drug-likeness (QED) is 0.695. The van der Waals surface area contributed by atoms with Crippen molar-refractivity contribution in [3.05, 3.63) is 12.7 Å². The van der Waals surface area contributed by atoms with Crippen molar-refractivity contribution < 1.29 is 19.8 Å². The normalized spacial score (nSPS) is 30.2. The predicted octanol–water partition coefficient (Wildman–Crippen LogP) is 1.41. The van der Waals surface area contributed by atoms with Gasteiger partial charge in [-0.1, -0.05) is 13.0 Å². The van der Waals surface area contributed by atoms with Crippen LogP contribution in [0.25, 0.3) is 0 Å². The van der Waals surface area contributed by atoms with E-state index in [1.807, 2.05) is 0 Å². The van der Waals surface area contributed by atoms with Crippen molar-refractivity contribution in [1.29, 1.82) is 0 Å². The molecule has 5 heteroatoms. The second-order valence-corrected chi connectivity index (χ2v) is 4.11. The third-order valence-corrected chi connectivity index (χ3v) is 2.99. The summed E-state index contributed by atoms with van der Waals surface area (Å²) in [6, 6.07) is -0.965. The van der Waals surface area contributed by atoms with Gasteiger partial charge in [0, 0.05) is 12.0 Å². The fourth-order valence-electron chi connectivity index (χ4n) is 2.20. The van der Waals surface area contributed by atoms with Crippen LogP contribution in [0.15, 0.2) is 12.7 Å². The molecule has 5 nitrogen and oxygen atoms in total. The van der Waals surface area contributed by atoms with Gasteiger partial charge < -0.3 is 10.2 Å². The van der Waals surface area contributed by atoms with E-state index >= 15 is 0 Å². The van der Waals surface area contributed by atoms with Crippen LogP contribution >= 0.6 is 0 Å². The van der Waals surface area contributed by atoms with E-state index in [2.05, 4.69) is 6.58 Å². The molecule has 1 heterocycles. The second kappa shape index (κ2) is 3.92. The Morgan fingerprint density at radius 3 is 2.60 bits per heavy atom. The summed E-state index contributed by atoms with van der Waals surface area (Å²) in [5, 5.41) is 17.9. The van der Waals surface area contributed by atoms with Crippen LogP contribution in [0.1, 0.15) is 19.8 Å². The van der Waals surface area contributed by atoms with Gasteiger partial charge in [0.05, 0.1) is 0 Å². The average molecular weight is 213 g/mol. The highest BCUT2D eigenvalue weighted by Crippen LogP contribution is 2.40. The number of carboxylic acid groups (broad SMARTS) is 2. The molecule has 0 spiro atoms. The van der Waals surface area contributed by atoms with E-state index in [1.165, 1.54) is 0 Å². The van der Waals surface area contributed by atoms with Crippen LogP contribution in [0.4, 0.5) is 4.79 Å². The van der Waals surface area contributed by atoms with E-state index in [0.29, 0.717) is 12.8 Å². The summed E-state index contributed by atoms with van der Waals surface area (Å²) in [7, 11) is 0. The van der Waals surface area contributed by atoms with Crippen LogP contribution in [0.3, 0.4) is 0 Å². The molecule has 1 amide bonds. The number of aliphatic carboxylic acids is 1. The third-order valence-electron chi connectivity index (χ3n) is 2.99. The third kappa shape index (κ3) is 1.95. The predicted molar refractivity (Wildman–Crippen MR) is 53.7 cm³/mol. The van der Waals surface area contributed by atoms with Gasteiger partial charge in [-0.15, -0.1) is 6.58 Å². The Bertz CT molecular complexity index is 302. The molecule has 84 valence electrons. The molecule has 1 saturated heterocycles. The van der Waals surface area contributed by atoms with Gasteiger partial charge >= 0.3 is 12.1 Å². The lowest BCUT2D eigenvalue weighted by molar-refractivity contribution is -0.144. The minimum absolute atomic E-state index is 0.274. The first-order valence-corrected chi connectivity index (χ1v) is 4.75. The Hall–Kier alpha value is -1.52. The first kappa shape index (κ1) is 11.6. The van der Waals surface area contributed by atoms with Crippen LogP contribution in [-0.2, 0) is 4.79 Å². The standard InChI is InChI=1S/C10H15NO4/c1-3-4-10(2)5-6-11(9(14)15)7(10)8(12)13/h3,7H,1,4-6H2,2H3,(H,12,13)(H,14,15)/t7-,10-/m1/s1. The molecule has 0 aromatic carbocycles. The zero-order chi connectivity index (χ0) is 11.6. The van der Waals surface area contributed by atoms with Crippen LogP contribution in [0.5, 0.6) is 0 Å². The fourth-order valence-corrected chi connectivity index (χ4v) is 2.20. The van der Waals surface area contributed by atoms with Crippen molar-refractivity contribution >= 4 is 12.1 Å². The highest BCUT2D eigenvalue weighted by molar-refractivity contribution is 5.81. The molecule has 2 N–H and O–H groups in total. The van der Waals surface area contributed by atoms with E-state index < -0.39 is 23.5 Å². The molecule has 0 aliphatic carbocycles. The summed E-state index contributed by atoms with van der Waals surface area (Å²) in [6.45, 7) is 5.64. The summed E-state index contributed by atoms with van der Waals surface area (Å²) < 4.78 is 0. The molecule has 0 saturated carbocycles. The summed E-state index contributed by atoms with van der Waals surface area (Å²) in [5.41, 5.74) is -0.536. The van der Waals surface area contributed by atoms with Crippen LogP contribution in [0, 0.1) is 5.41 Å². The Morgan fingerprint density at radius 1 is 1.60 bits per heavy atom. The van der Waals surface area contributed by atoms with Gasteiger partial charge in [0.15, 0.2) is 0 Å². The number of rotatable bonds is 3. The molecule has 2 atom stereocenters. The van der Waals surface area contributed by atoms with Crippen molar-refractivity contribution in [3.8, 4) is 0 Å². The topological polar surface area (TPSA) is 77.8 Å². The van der Waals surface area contributed by atoms with Gasteiger partial charge in [-0.05, 0) is 12.8 Å². The first-order valence-electron chi connectivity index (χ1n) is 4.75. The summed E-state index contributed by atoms with van der Waals surface area (Å²) >= 11 is 0. The smallest absolute Gasteiger partial charge is 0.408 e. The van der Waals surface area contributed by atoms with Crippen molar-refractivity contribution in [2.75, 3.05) is 6.54 Å². The SMILES string of the molecule is C=CC[C@]1(C)CCN(C(=O)O)[C@@H]1C(=O)O. The highest BCUT2D eigenvalue weighted by atomic mass is 16.4. The lowest BCUT2D eigenvalue weighted by Gasteiger charge is -2.29. The molecule has 0 bridgehead atoms. The van der Waals surface area contributed by atoms with E-state index in [9.17, 15) is 9.59 Å². The van der Waals surface area contributed by atoms with Gasteiger partial charge in [-0.25, -0.2) is 9.59 Å². The van der Waals surface area contributed by atoms with Gasteiger partial charge in [0.1, 0.15) is 6.04 Å². The number of amides is 1. The molecule has 1 fully saturated rings. The monoisotopic (exact) mass is 213 g/mol. The van der Waals surface area contributed by atoms with Gasteiger partial charge in [-0.3, -0.25) is 4.90 Å². The van der Waals surface area contributed by atoms with Gasteiger partial charge in [0.2, 0.25) is 0 Å². The Morgan fingerprint density at radius 2 is 2.20 bits per heavy atom. The number of allylic oxidation sites excluding steroid dienone is 1. The lowest BCUT2D eigenvalue weighted by atomic mass is 9.79. The zero-order valence-electron chi connectivity index (χ0n) is 8.64. The second-order valence-electron chi connectivity index (χ2n) is 4.11. The molecule has 0 aromatic rings. The maximum absolute atomic E-state index is 11.1. The van der Waals surface area contributed by atoms with E-state index in [0.717, 1.165) is 4.90 Å². The summed E-state index contributed by atoms with van der Waals surface area (Å²) in [4.78, 5) is 22.9. The van der Waals surface area contributed by atoms with Crippen molar-refractivity contribution in [2.24, 2.45) is 5.41 Å². The van der Waals surface area contributed by atoms with Crippen molar-refractivity contribution in [3.63, 3.8) is 0 Å². The molecular formula is C10H15NO4. The molecular weight excluding hydrogens is 198 g/mol. The first-order chi connectivity index (χ1) is 6.92. The maximum atomic E-state index is 11.1. The summed E-state index contributed by atoms with van der Waals surface area (Å²) in [5.74, 6) is -1.08. The number of hydrogen-bond donors (Lipinski definition) is 2. The van der Waals surface area contributed by atoms with Gasteiger partial charge in [-0.2, -0.15) is 0 Å². The molecule has 0 radical (unpaired) electrons. The zero-order valence-corrected chi connectivity index (χ0v) is 8.64. The molecule has 15 heavy (non-hydrogen) atoms. The van der Waals surface area contributed by atoms with E-state index in [-0.39, 0.29) is 6.54 Å². The fraction of sp³-hybridized carbons (Fsp3) is 0.600. The van der Waals surface area contributed by atoms with Crippen molar-refractivity contribution in [1.82, 2.24) is 4.90 Å². The van der Waals surface area contributed by atoms with E-state index in [1.54, 1.807) is 13.0 Å². The Kier molecular flexibility index (Phi) is 3.02. The summed E-state index contributed by atoms with van der Waals surface area (Å²) in [6.07, 6.45) is 1.53. The molecule has 0 unspecified atom stereocenters. The number of nitrogens with zero attached hydrogens (tertiary/aromatic N) is 1. The van der Waals surface area contributed by atoms with Crippen molar-refractivity contribution in [2.45, 2.75) is 25.8 Å². The number of carbonyl (C=O) groups is 2. The van der Waals surface area contributed by atoms with Gasteiger partial charge in [0.25, 0.3) is 0 Å². The van der Waals surface area contributed by atoms with E-state index in [4.69, 9.17) is 10.2 Å². The average Bonchev–Trinajstić information content (AvgIpc) is 2.43. The minimum Gasteiger partial charge on any atom is -0.480 e. The molecule has 0 aromatic heterocycles. The van der Waals surface area contributed by atoms with Crippen LogP contribution in [0.2, 0.25) is 0 Å². The maximum Gasteiger partial charge on any atom is 0.408 e. The number of likely N-dealkylation sites (tertiary alicyclic amines) is 1. The largest absolute Gasteiger partial charge is 0.480 e. The Labute approximate surface area is 88.0 Å². The Balaban J connectivity index is 2.98. The number of carboxylic acids is 1. The number of hydrogen-bond acceptors (Lipinski definition) is 2. The van der Waals surface area contributed by atoms with Crippen LogP contribution in [-0.4, -0.2) is 39.8 Å². The molecule has 1 aliphatic rings. The lowest BCUT2D eigenvalue weighted by Crippen LogP contribution is -2.46.